The number of hydrogen-bond donors (Lipinski definition) is 3. The Morgan fingerprint density at radius 3 is 2.42 bits per heavy atom. The van der Waals surface area contributed by atoms with Crippen molar-refractivity contribution in [1.82, 2.24) is 20.3 Å². The smallest absolute Gasteiger partial charge is 0.211 e. The highest BCUT2D eigenvalue weighted by molar-refractivity contribution is 7.89. The summed E-state index contributed by atoms with van der Waals surface area (Å²) in [7, 11) is -3.15. The number of nitrogens with zero attached hydrogens (tertiary/aromatic N) is 2. The third-order valence-corrected chi connectivity index (χ3v) is 5.63. The first-order valence-corrected chi connectivity index (χ1v) is 11.3. The van der Waals surface area contributed by atoms with E-state index in [1.165, 1.54) is 0 Å². The first-order chi connectivity index (χ1) is 12.4. The maximum atomic E-state index is 11.5. The molecule has 1 saturated heterocycles. The van der Waals surface area contributed by atoms with E-state index in [0.717, 1.165) is 45.2 Å². The molecule has 154 valence electrons. The summed E-state index contributed by atoms with van der Waals surface area (Å²) in [6.45, 7) is 13.9. The molecule has 1 atom stereocenters. The van der Waals surface area contributed by atoms with Crippen molar-refractivity contribution in [3.05, 3.63) is 0 Å². The molecule has 3 N–H and O–H groups in total. The van der Waals surface area contributed by atoms with Crippen molar-refractivity contribution < 1.29 is 13.2 Å². The van der Waals surface area contributed by atoms with Crippen LogP contribution in [0.15, 0.2) is 4.99 Å². The zero-order valence-corrected chi connectivity index (χ0v) is 17.6. The van der Waals surface area contributed by atoms with Gasteiger partial charge in [0.05, 0.1) is 25.5 Å². The van der Waals surface area contributed by atoms with Crippen molar-refractivity contribution in [2.24, 2.45) is 10.9 Å². The van der Waals surface area contributed by atoms with Crippen molar-refractivity contribution in [3.8, 4) is 0 Å². The molecule has 1 heterocycles. The fourth-order valence-corrected chi connectivity index (χ4v) is 3.47. The van der Waals surface area contributed by atoms with Crippen LogP contribution in [0.4, 0.5) is 0 Å². The van der Waals surface area contributed by atoms with Gasteiger partial charge in [-0.1, -0.05) is 13.8 Å². The Bertz CT molecular complexity index is 505. The van der Waals surface area contributed by atoms with E-state index in [4.69, 9.17) is 9.73 Å². The molecule has 0 saturated carbocycles. The third kappa shape index (κ3) is 9.70. The Kier molecular flexibility index (Phi) is 11.1. The van der Waals surface area contributed by atoms with E-state index in [-0.39, 0.29) is 5.75 Å². The summed E-state index contributed by atoms with van der Waals surface area (Å²) in [5, 5.41) is 6.42. The maximum absolute atomic E-state index is 11.5. The lowest BCUT2D eigenvalue weighted by molar-refractivity contribution is 0.0143. The summed E-state index contributed by atoms with van der Waals surface area (Å²) >= 11 is 0. The molecule has 1 unspecified atom stereocenters. The normalized spacial score (nSPS) is 18.1. The van der Waals surface area contributed by atoms with Gasteiger partial charge in [0.15, 0.2) is 5.96 Å². The van der Waals surface area contributed by atoms with Crippen molar-refractivity contribution in [3.63, 3.8) is 0 Å². The first-order valence-electron chi connectivity index (χ1n) is 9.69. The van der Waals surface area contributed by atoms with Crippen LogP contribution in [-0.4, -0.2) is 83.6 Å². The molecular formula is C17H37N5O3S. The van der Waals surface area contributed by atoms with Crippen LogP contribution in [0.25, 0.3) is 0 Å². The molecule has 0 spiro atoms. The maximum Gasteiger partial charge on any atom is 0.211 e. The Hall–Kier alpha value is -0.900. The summed E-state index contributed by atoms with van der Waals surface area (Å²) < 4.78 is 30.9. The minimum Gasteiger partial charge on any atom is -0.379 e. The minimum absolute atomic E-state index is 0.0948. The van der Waals surface area contributed by atoms with E-state index < -0.39 is 10.0 Å². The molecule has 0 aromatic rings. The number of hydrogen-bond acceptors (Lipinski definition) is 5. The number of ether oxygens (including phenoxy) is 1. The third-order valence-electron chi connectivity index (χ3n) is 4.23. The Labute approximate surface area is 159 Å². The predicted molar refractivity (Wildman–Crippen MR) is 107 cm³/mol. The van der Waals surface area contributed by atoms with Gasteiger partial charge in [0, 0.05) is 38.8 Å². The first kappa shape index (κ1) is 23.1. The molecule has 1 rings (SSSR count). The zero-order chi connectivity index (χ0) is 19.4. The van der Waals surface area contributed by atoms with E-state index >= 15 is 0 Å². The molecule has 0 radical (unpaired) electrons. The highest BCUT2D eigenvalue weighted by Crippen LogP contribution is 2.14. The highest BCUT2D eigenvalue weighted by atomic mass is 32.2. The van der Waals surface area contributed by atoms with Gasteiger partial charge in [-0.2, -0.15) is 0 Å². The van der Waals surface area contributed by atoms with Gasteiger partial charge in [-0.3, -0.25) is 9.89 Å². The predicted octanol–water partition coefficient (Wildman–Crippen LogP) is 0.228. The van der Waals surface area contributed by atoms with Crippen LogP contribution in [0.1, 0.15) is 34.1 Å². The van der Waals surface area contributed by atoms with E-state index in [1.807, 2.05) is 6.92 Å². The van der Waals surface area contributed by atoms with Crippen LogP contribution in [0.5, 0.6) is 0 Å². The molecule has 1 fully saturated rings. The summed E-state index contributed by atoms with van der Waals surface area (Å²) in [5.41, 5.74) is 0. The number of guanidine groups is 1. The lowest BCUT2D eigenvalue weighted by Gasteiger charge is -2.34. The number of morpholine rings is 1. The Balaban J connectivity index is 2.56. The van der Waals surface area contributed by atoms with Crippen LogP contribution < -0.4 is 15.4 Å². The van der Waals surface area contributed by atoms with Gasteiger partial charge in [0.1, 0.15) is 0 Å². The SMILES string of the molecule is CCNC(=NCC(CC(C)C)N1CCOCC1)NCCNS(=O)(=O)CC. The molecule has 1 aliphatic heterocycles. The molecule has 0 aliphatic carbocycles. The number of rotatable bonds is 11. The van der Waals surface area contributed by atoms with Crippen LogP contribution in [-0.2, 0) is 14.8 Å². The monoisotopic (exact) mass is 391 g/mol. The number of sulfonamides is 1. The van der Waals surface area contributed by atoms with Crippen LogP contribution in [0.3, 0.4) is 0 Å². The van der Waals surface area contributed by atoms with Gasteiger partial charge < -0.3 is 15.4 Å². The fraction of sp³-hybridized carbons (Fsp3) is 0.941. The standard InChI is InChI=1S/C17H37N5O3S/c1-5-18-17(19-7-8-21-26(23,24)6-2)20-14-16(13-15(3)4)22-9-11-25-12-10-22/h15-16,21H,5-14H2,1-4H3,(H2,18,19,20). The topological polar surface area (TPSA) is 95.1 Å². The van der Waals surface area contributed by atoms with Crippen molar-refractivity contribution in [2.45, 2.75) is 40.2 Å². The summed E-state index contributed by atoms with van der Waals surface area (Å²) in [6.07, 6.45) is 1.10. The summed E-state index contributed by atoms with van der Waals surface area (Å²) in [4.78, 5) is 7.20. The largest absolute Gasteiger partial charge is 0.379 e. The van der Waals surface area contributed by atoms with Crippen LogP contribution in [0.2, 0.25) is 0 Å². The second-order valence-corrected chi connectivity index (χ2v) is 8.97. The summed E-state index contributed by atoms with van der Waals surface area (Å²) in [6, 6.07) is 0.396. The second kappa shape index (κ2) is 12.5. The van der Waals surface area contributed by atoms with Crippen molar-refractivity contribution >= 4 is 16.0 Å². The van der Waals surface area contributed by atoms with E-state index in [1.54, 1.807) is 6.92 Å². The Morgan fingerprint density at radius 1 is 1.15 bits per heavy atom. The zero-order valence-electron chi connectivity index (χ0n) is 16.8. The molecule has 0 aromatic heterocycles. The van der Waals surface area contributed by atoms with Gasteiger partial charge in [0.25, 0.3) is 0 Å². The van der Waals surface area contributed by atoms with E-state index in [0.29, 0.717) is 31.6 Å². The van der Waals surface area contributed by atoms with Crippen molar-refractivity contribution in [2.75, 3.05) is 58.2 Å². The highest BCUT2D eigenvalue weighted by Gasteiger charge is 2.21. The molecule has 26 heavy (non-hydrogen) atoms. The lowest BCUT2D eigenvalue weighted by Crippen LogP contribution is -2.47. The molecule has 0 aromatic carbocycles. The van der Waals surface area contributed by atoms with Crippen LogP contribution in [0, 0.1) is 5.92 Å². The van der Waals surface area contributed by atoms with Gasteiger partial charge in [-0.05, 0) is 26.2 Å². The number of aliphatic imine (C=N–C) groups is 1. The average molecular weight is 392 g/mol. The second-order valence-electron chi connectivity index (χ2n) is 6.88. The molecule has 0 amide bonds. The molecular weight excluding hydrogens is 354 g/mol. The van der Waals surface area contributed by atoms with E-state index in [9.17, 15) is 8.42 Å². The Morgan fingerprint density at radius 2 is 1.85 bits per heavy atom. The van der Waals surface area contributed by atoms with Gasteiger partial charge in [-0.25, -0.2) is 13.1 Å². The van der Waals surface area contributed by atoms with Crippen LogP contribution >= 0.6 is 0 Å². The van der Waals surface area contributed by atoms with Gasteiger partial charge >= 0.3 is 0 Å². The molecule has 9 heteroatoms. The quantitative estimate of drug-likeness (QED) is 0.265. The minimum atomic E-state index is -3.15. The van der Waals surface area contributed by atoms with E-state index in [2.05, 4.69) is 34.1 Å². The van der Waals surface area contributed by atoms with Gasteiger partial charge in [0.2, 0.25) is 10.0 Å². The molecule has 8 nitrogen and oxygen atoms in total. The number of nitrogens with one attached hydrogen (secondary N) is 3. The summed E-state index contributed by atoms with van der Waals surface area (Å²) in [5.74, 6) is 1.43. The lowest BCUT2D eigenvalue weighted by atomic mass is 10.0. The molecule has 0 bridgehead atoms. The average Bonchev–Trinajstić information content (AvgIpc) is 2.62. The van der Waals surface area contributed by atoms with Gasteiger partial charge in [-0.15, -0.1) is 0 Å². The van der Waals surface area contributed by atoms with Crippen molar-refractivity contribution in [1.29, 1.82) is 0 Å². The fourth-order valence-electron chi connectivity index (χ4n) is 2.85. The molecule has 1 aliphatic rings.